The first kappa shape index (κ1) is 17.5. The molecule has 1 aliphatic heterocycles. The van der Waals surface area contributed by atoms with Crippen molar-refractivity contribution < 1.29 is 4.39 Å². The van der Waals surface area contributed by atoms with Crippen molar-refractivity contribution in [3.05, 3.63) is 82.4 Å². The molecule has 4 rings (SSSR count). The van der Waals surface area contributed by atoms with Crippen LogP contribution < -0.4 is 5.56 Å². The van der Waals surface area contributed by atoms with Gasteiger partial charge in [-0.1, -0.05) is 12.1 Å². The first-order valence-corrected chi connectivity index (χ1v) is 9.16. The number of likely N-dealkylation sites (tertiary alicyclic amines) is 1. The Morgan fingerprint density at radius 2 is 2.00 bits per heavy atom. The maximum atomic E-state index is 13.4. The second-order valence-electron chi connectivity index (χ2n) is 6.94. The minimum atomic E-state index is -0.198. The van der Waals surface area contributed by atoms with Crippen LogP contribution in [-0.2, 0) is 6.54 Å². The van der Waals surface area contributed by atoms with Crippen molar-refractivity contribution >= 4 is 0 Å². The molecule has 27 heavy (non-hydrogen) atoms. The van der Waals surface area contributed by atoms with Crippen molar-refractivity contribution in [2.45, 2.75) is 25.3 Å². The van der Waals surface area contributed by atoms with E-state index in [1.807, 2.05) is 18.2 Å². The second-order valence-corrected chi connectivity index (χ2v) is 6.94. The summed E-state index contributed by atoms with van der Waals surface area (Å²) in [6.45, 7) is 2.52. The molecule has 0 saturated carbocycles. The molecular formula is C21H21FN4O. The van der Waals surface area contributed by atoms with Gasteiger partial charge in [0.05, 0.1) is 5.69 Å². The second kappa shape index (κ2) is 7.80. The average molecular weight is 364 g/mol. The molecule has 0 amide bonds. The summed E-state index contributed by atoms with van der Waals surface area (Å²) in [4.78, 5) is 26.1. The summed E-state index contributed by atoms with van der Waals surface area (Å²) in [5.41, 5.74) is 2.34. The van der Waals surface area contributed by atoms with Gasteiger partial charge in [-0.25, -0.2) is 9.37 Å². The number of hydrogen-bond acceptors (Lipinski definition) is 4. The Kier molecular flexibility index (Phi) is 5.07. The summed E-state index contributed by atoms with van der Waals surface area (Å²) in [6.07, 6.45) is 5.24. The largest absolute Gasteiger partial charge is 0.310 e. The smallest absolute Gasteiger partial charge is 0.251 e. The van der Waals surface area contributed by atoms with Crippen molar-refractivity contribution in [2.24, 2.45) is 0 Å². The van der Waals surface area contributed by atoms with Crippen LogP contribution >= 0.6 is 0 Å². The molecule has 1 aromatic carbocycles. The molecule has 0 spiro atoms. The highest BCUT2D eigenvalue weighted by Gasteiger charge is 2.23. The molecule has 1 fully saturated rings. The topological polar surface area (TPSA) is 61.9 Å². The lowest BCUT2D eigenvalue weighted by Gasteiger charge is -2.31. The van der Waals surface area contributed by atoms with Crippen LogP contribution in [0.25, 0.3) is 11.3 Å². The fraction of sp³-hybridized carbons (Fsp3) is 0.286. The summed E-state index contributed by atoms with van der Waals surface area (Å²) >= 11 is 0. The summed E-state index contributed by atoms with van der Waals surface area (Å²) in [5.74, 6) is 0.765. The van der Waals surface area contributed by atoms with Gasteiger partial charge in [-0.3, -0.25) is 14.7 Å². The lowest BCUT2D eigenvalue weighted by Crippen LogP contribution is -2.33. The Morgan fingerprint density at radius 3 is 2.74 bits per heavy atom. The van der Waals surface area contributed by atoms with Crippen LogP contribution in [0.5, 0.6) is 0 Å². The zero-order valence-electron chi connectivity index (χ0n) is 14.9. The summed E-state index contributed by atoms with van der Waals surface area (Å²) in [6, 6.07) is 12.0. The van der Waals surface area contributed by atoms with Crippen molar-refractivity contribution in [3.63, 3.8) is 0 Å². The maximum Gasteiger partial charge on any atom is 0.251 e. The van der Waals surface area contributed by atoms with Gasteiger partial charge in [-0.05, 0) is 55.8 Å². The number of H-pyrrole nitrogens is 1. The predicted octanol–water partition coefficient (Wildman–Crippen LogP) is 3.35. The SMILES string of the molecule is O=c1cc(-c2cccnc2)nc(C2CCN(Cc3cccc(F)c3)CC2)[nH]1. The van der Waals surface area contributed by atoms with Crippen LogP contribution in [0.1, 0.15) is 30.1 Å². The minimum Gasteiger partial charge on any atom is -0.310 e. The molecule has 0 atom stereocenters. The zero-order valence-corrected chi connectivity index (χ0v) is 14.9. The van der Waals surface area contributed by atoms with Gasteiger partial charge in [0.1, 0.15) is 11.6 Å². The van der Waals surface area contributed by atoms with Crippen molar-refractivity contribution in [1.82, 2.24) is 19.9 Å². The quantitative estimate of drug-likeness (QED) is 0.771. The fourth-order valence-corrected chi connectivity index (χ4v) is 3.59. The number of piperidine rings is 1. The third-order valence-electron chi connectivity index (χ3n) is 4.99. The first-order chi connectivity index (χ1) is 13.2. The van der Waals surface area contributed by atoms with Crippen LogP contribution in [0, 0.1) is 5.82 Å². The molecular weight excluding hydrogens is 343 g/mol. The number of hydrogen-bond donors (Lipinski definition) is 1. The van der Waals surface area contributed by atoms with Crippen LogP contribution in [0.3, 0.4) is 0 Å². The molecule has 0 radical (unpaired) electrons. The lowest BCUT2D eigenvalue weighted by atomic mass is 9.95. The molecule has 138 valence electrons. The fourth-order valence-electron chi connectivity index (χ4n) is 3.59. The standard InChI is InChI=1S/C21H21FN4O/c22-18-5-1-3-15(11-18)14-26-9-6-16(7-10-26)21-24-19(12-20(27)25-21)17-4-2-8-23-13-17/h1-5,8,11-13,16H,6-7,9-10,14H2,(H,24,25,27). The number of aromatic nitrogens is 3. The molecule has 3 aromatic rings. The summed E-state index contributed by atoms with van der Waals surface area (Å²) < 4.78 is 13.4. The average Bonchev–Trinajstić information content (AvgIpc) is 2.69. The van der Waals surface area contributed by atoms with Crippen molar-refractivity contribution in [1.29, 1.82) is 0 Å². The molecule has 1 N–H and O–H groups in total. The van der Waals surface area contributed by atoms with E-state index in [4.69, 9.17) is 0 Å². The van der Waals surface area contributed by atoms with Gasteiger partial charge in [0.25, 0.3) is 5.56 Å². The van der Waals surface area contributed by atoms with Gasteiger partial charge in [0.2, 0.25) is 0 Å². The van der Waals surface area contributed by atoms with E-state index in [2.05, 4.69) is 19.9 Å². The van der Waals surface area contributed by atoms with E-state index in [1.54, 1.807) is 24.5 Å². The molecule has 1 aliphatic rings. The van der Waals surface area contributed by atoms with Crippen LogP contribution in [0.15, 0.2) is 59.7 Å². The Hall–Kier alpha value is -2.86. The number of nitrogens with zero attached hydrogens (tertiary/aromatic N) is 3. The van der Waals surface area contributed by atoms with E-state index in [0.717, 1.165) is 49.4 Å². The summed E-state index contributed by atoms with van der Waals surface area (Å²) in [5, 5.41) is 0. The van der Waals surface area contributed by atoms with E-state index in [-0.39, 0.29) is 17.3 Å². The van der Waals surface area contributed by atoms with Gasteiger partial charge in [-0.15, -0.1) is 0 Å². The summed E-state index contributed by atoms with van der Waals surface area (Å²) in [7, 11) is 0. The monoisotopic (exact) mass is 364 g/mol. The predicted molar refractivity (Wildman–Crippen MR) is 102 cm³/mol. The number of pyridine rings is 1. The lowest BCUT2D eigenvalue weighted by molar-refractivity contribution is 0.201. The van der Waals surface area contributed by atoms with Crippen LogP contribution in [-0.4, -0.2) is 32.9 Å². The molecule has 2 aromatic heterocycles. The number of benzene rings is 1. The molecule has 5 nitrogen and oxygen atoms in total. The van der Waals surface area contributed by atoms with E-state index in [1.165, 1.54) is 12.1 Å². The highest BCUT2D eigenvalue weighted by Crippen LogP contribution is 2.27. The van der Waals surface area contributed by atoms with Gasteiger partial charge in [0.15, 0.2) is 0 Å². The van der Waals surface area contributed by atoms with Crippen LogP contribution in [0.4, 0.5) is 4.39 Å². The molecule has 0 aliphatic carbocycles. The Morgan fingerprint density at radius 1 is 1.15 bits per heavy atom. The van der Waals surface area contributed by atoms with Gasteiger partial charge >= 0.3 is 0 Å². The normalized spacial score (nSPS) is 15.7. The minimum absolute atomic E-state index is 0.138. The Bertz CT molecular complexity index is 965. The maximum absolute atomic E-state index is 13.4. The number of aromatic amines is 1. The first-order valence-electron chi connectivity index (χ1n) is 9.16. The Balaban J connectivity index is 1.45. The Labute approximate surface area is 156 Å². The van der Waals surface area contributed by atoms with E-state index in [0.29, 0.717) is 5.69 Å². The van der Waals surface area contributed by atoms with Crippen LogP contribution in [0.2, 0.25) is 0 Å². The molecule has 3 heterocycles. The highest BCUT2D eigenvalue weighted by molar-refractivity contribution is 5.56. The number of rotatable bonds is 4. The van der Waals surface area contributed by atoms with E-state index in [9.17, 15) is 9.18 Å². The molecule has 6 heteroatoms. The third-order valence-corrected chi connectivity index (χ3v) is 4.99. The number of nitrogens with one attached hydrogen (secondary N) is 1. The molecule has 0 unspecified atom stereocenters. The van der Waals surface area contributed by atoms with Gasteiger partial charge < -0.3 is 4.98 Å². The highest BCUT2D eigenvalue weighted by atomic mass is 19.1. The molecule has 0 bridgehead atoms. The van der Waals surface area contributed by atoms with E-state index >= 15 is 0 Å². The number of halogens is 1. The third kappa shape index (κ3) is 4.28. The molecule has 1 saturated heterocycles. The zero-order chi connectivity index (χ0) is 18.6. The van der Waals surface area contributed by atoms with Gasteiger partial charge in [-0.2, -0.15) is 0 Å². The van der Waals surface area contributed by atoms with Crippen molar-refractivity contribution in [2.75, 3.05) is 13.1 Å². The van der Waals surface area contributed by atoms with Crippen molar-refractivity contribution in [3.8, 4) is 11.3 Å². The van der Waals surface area contributed by atoms with E-state index < -0.39 is 0 Å². The van der Waals surface area contributed by atoms with Gasteiger partial charge in [0, 0.05) is 36.5 Å².